The van der Waals surface area contributed by atoms with Crippen LogP contribution in [0.3, 0.4) is 0 Å². The molecule has 2 N–H and O–H groups in total. The Bertz CT molecular complexity index is 630. The van der Waals surface area contributed by atoms with Crippen LogP contribution in [-0.2, 0) is 11.2 Å². The summed E-state index contributed by atoms with van der Waals surface area (Å²) in [6.07, 6.45) is 1.31. The number of rotatable bonds is 6. The van der Waals surface area contributed by atoms with Crippen molar-refractivity contribution < 1.29 is 4.79 Å². The number of anilines is 2. The van der Waals surface area contributed by atoms with E-state index in [2.05, 4.69) is 50.6 Å². The van der Waals surface area contributed by atoms with Crippen molar-refractivity contribution >= 4 is 33.5 Å². The summed E-state index contributed by atoms with van der Waals surface area (Å²) in [5.74, 6) is 1.05. The molecule has 1 aromatic carbocycles. The number of nitrogens with zero attached hydrogens (tertiary/aromatic N) is 2. The van der Waals surface area contributed by atoms with E-state index >= 15 is 0 Å². The van der Waals surface area contributed by atoms with Gasteiger partial charge in [0.25, 0.3) is 0 Å². The first-order valence-electron chi connectivity index (χ1n) is 7.21. The van der Waals surface area contributed by atoms with Gasteiger partial charge in [-0.3, -0.25) is 4.79 Å². The third-order valence-corrected chi connectivity index (χ3v) is 3.69. The largest absolute Gasteiger partial charge is 0.366 e. The van der Waals surface area contributed by atoms with E-state index in [0.29, 0.717) is 24.1 Å². The first-order valence-corrected chi connectivity index (χ1v) is 8.00. The van der Waals surface area contributed by atoms with Gasteiger partial charge in [-0.2, -0.15) is 0 Å². The lowest BCUT2D eigenvalue weighted by molar-refractivity contribution is -0.115. The molecular weight excluding hydrogens is 344 g/mol. The molecule has 0 bridgehead atoms. The molecule has 0 aliphatic heterocycles. The highest BCUT2D eigenvalue weighted by Gasteiger charge is 2.07. The SMILES string of the molecule is CCC(C)Nc1ccc(NC(=O)Cc2cccc(Br)c2)nn1. The van der Waals surface area contributed by atoms with E-state index in [1.807, 2.05) is 30.3 Å². The van der Waals surface area contributed by atoms with Crippen LogP contribution in [0.1, 0.15) is 25.8 Å². The van der Waals surface area contributed by atoms with Crippen LogP contribution < -0.4 is 10.6 Å². The molecule has 2 rings (SSSR count). The van der Waals surface area contributed by atoms with Gasteiger partial charge in [-0.1, -0.05) is 35.0 Å². The van der Waals surface area contributed by atoms with Crippen molar-refractivity contribution in [2.24, 2.45) is 0 Å². The highest BCUT2D eigenvalue weighted by atomic mass is 79.9. The average molecular weight is 363 g/mol. The highest BCUT2D eigenvalue weighted by Crippen LogP contribution is 2.13. The maximum Gasteiger partial charge on any atom is 0.229 e. The number of halogens is 1. The minimum atomic E-state index is -0.116. The molecule has 1 aromatic heterocycles. The summed E-state index contributed by atoms with van der Waals surface area (Å²) in [6.45, 7) is 4.18. The van der Waals surface area contributed by atoms with Crippen molar-refractivity contribution in [3.63, 3.8) is 0 Å². The van der Waals surface area contributed by atoms with Crippen LogP contribution in [0.25, 0.3) is 0 Å². The number of amides is 1. The van der Waals surface area contributed by atoms with E-state index in [4.69, 9.17) is 0 Å². The second-order valence-corrected chi connectivity index (χ2v) is 6.03. The Morgan fingerprint density at radius 2 is 1.95 bits per heavy atom. The molecule has 2 aromatic rings. The van der Waals surface area contributed by atoms with Crippen LogP contribution in [0, 0.1) is 0 Å². The summed E-state index contributed by atoms with van der Waals surface area (Å²) in [7, 11) is 0. The number of carbonyl (C=O) groups excluding carboxylic acids is 1. The molecule has 0 radical (unpaired) electrons. The third kappa shape index (κ3) is 5.11. The molecule has 1 atom stereocenters. The van der Waals surface area contributed by atoms with Crippen molar-refractivity contribution in [2.75, 3.05) is 10.6 Å². The monoisotopic (exact) mass is 362 g/mol. The Morgan fingerprint density at radius 3 is 2.59 bits per heavy atom. The molecule has 0 saturated carbocycles. The quantitative estimate of drug-likeness (QED) is 0.823. The van der Waals surface area contributed by atoms with Crippen LogP contribution in [0.2, 0.25) is 0 Å². The number of nitrogens with one attached hydrogen (secondary N) is 2. The second-order valence-electron chi connectivity index (χ2n) is 5.11. The van der Waals surface area contributed by atoms with Crippen LogP contribution in [-0.4, -0.2) is 22.1 Å². The molecule has 6 heteroatoms. The number of hydrogen-bond acceptors (Lipinski definition) is 4. The van der Waals surface area contributed by atoms with E-state index in [1.54, 1.807) is 6.07 Å². The van der Waals surface area contributed by atoms with Crippen molar-refractivity contribution in [2.45, 2.75) is 32.7 Å². The zero-order chi connectivity index (χ0) is 15.9. The summed E-state index contributed by atoms with van der Waals surface area (Å²) in [6, 6.07) is 11.6. The highest BCUT2D eigenvalue weighted by molar-refractivity contribution is 9.10. The molecule has 22 heavy (non-hydrogen) atoms. The topological polar surface area (TPSA) is 66.9 Å². The molecule has 116 valence electrons. The van der Waals surface area contributed by atoms with Gasteiger partial charge in [0.15, 0.2) is 5.82 Å². The standard InChI is InChI=1S/C16H19BrN4O/c1-3-11(2)18-14-7-8-15(21-20-14)19-16(22)10-12-5-4-6-13(17)9-12/h4-9,11H,3,10H2,1-2H3,(H,18,20)(H,19,21,22). The van der Waals surface area contributed by atoms with Crippen LogP contribution in [0.4, 0.5) is 11.6 Å². The van der Waals surface area contributed by atoms with E-state index in [9.17, 15) is 4.79 Å². The number of aromatic nitrogens is 2. The summed E-state index contributed by atoms with van der Waals surface area (Å²) in [5, 5.41) is 14.0. The molecule has 5 nitrogen and oxygen atoms in total. The van der Waals surface area contributed by atoms with Gasteiger partial charge in [0.05, 0.1) is 6.42 Å². The van der Waals surface area contributed by atoms with E-state index in [-0.39, 0.29) is 5.91 Å². The van der Waals surface area contributed by atoms with Crippen molar-refractivity contribution in [3.05, 3.63) is 46.4 Å². The fourth-order valence-electron chi connectivity index (χ4n) is 1.85. The Morgan fingerprint density at radius 1 is 1.23 bits per heavy atom. The van der Waals surface area contributed by atoms with Gasteiger partial charge in [0.1, 0.15) is 5.82 Å². The molecule has 1 amide bonds. The Kier molecular flexibility index (Phi) is 5.89. The first-order chi connectivity index (χ1) is 10.6. The van der Waals surface area contributed by atoms with Crippen molar-refractivity contribution in [3.8, 4) is 0 Å². The van der Waals surface area contributed by atoms with Gasteiger partial charge in [0.2, 0.25) is 5.91 Å². The van der Waals surface area contributed by atoms with Gasteiger partial charge in [0, 0.05) is 10.5 Å². The fourth-order valence-corrected chi connectivity index (χ4v) is 2.30. The predicted molar refractivity (Wildman–Crippen MR) is 91.9 cm³/mol. The summed E-state index contributed by atoms with van der Waals surface area (Å²) < 4.78 is 0.957. The smallest absolute Gasteiger partial charge is 0.229 e. The van der Waals surface area contributed by atoms with Gasteiger partial charge < -0.3 is 10.6 Å². The van der Waals surface area contributed by atoms with Gasteiger partial charge in [-0.15, -0.1) is 10.2 Å². The Hall–Kier alpha value is -1.95. The molecule has 0 fully saturated rings. The number of carbonyl (C=O) groups is 1. The predicted octanol–water partition coefficient (Wildman–Crippen LogP) is 3.63. The van der Waals surface area contributed by atoms with Gasteiger partial charge >= 0.3 is 0 Å². The molecule has 1 heterocycles. The third-order valence-electron chi connectivity index (χ3n) is 3.19. The van der Waals surface area contributed by atoms with Gasteiger partial charge in [-0.25, -0.2) is 0 Å². The van der Waals surface area contributed by atoms with Crippen molar-refractivity contribution in [1.29, 1.82) is 0 Å². The van der Waals surface area contributed by atoms with Gasteiger partial charge in [-0.05, 0) is 43.2 Å². The summed E-state index contributed by atoms with van der Waals surface area (Å²) >= 11 is 3.39. The summed E-state index contributed by atoms with van der Waals surface area (Å²) in [5.41, 5.74) is 0.940. The van der Waals surface area contributed by atoms with E-state index in [1.165, 1.54) is 0 Å². The molecule has 0 spiro atoms. The molecule has 1 unspecified atom stereocenters. The number of benzene rings is 1. The second kappa shape index (κ2) is 7.89. The zero-order valence-corrected chi connectivity index (χ0v) is 14.2. The normalized spacial score (nSPS) is 11.8. The maximum atomic E-state index is 12.0. The maximum absolute atomic E-state index is 12.0. The number of hydrogen-bond donors (Lipinski definition) is 2. The minimum Gasteiger partial charge on any atom is -0.366 e. The lowest BCUT2D eigenvalue weighted by Gasteiger charge is -2.11. The minimum absolute atomic E-state index is 0.116. The fraction of sp³-hybridized carbons (Fsp3) is 0.312. The lowest BCUT2D eigenvalue weighted by Crippen LogP contribution is -2.17. The zero-order valence-electron chi connectivity index (χ0n) is 12.6. The Balaban J connectivity index is 1.91. The van der Waals surface area contributed by atoms with Crippen LogP contribution >= 0.6 is 15.9 Å². The lowest BCUT2D eigenvalue weighted by atomic mass is 10.1. The first kappa shape index (κ1) is 16.4. The average Bonchev–Trinajstić information content (AvgIpc) is 2.49. The van der Waals surface area contributed by atoms with E-state index in [0.717, 1.165) is 16.5 Å². The summed E-state index contributed by atoms with van der Waals surface area (Å²) in [4.78, 5) is 12.0. The van der Waals surface area contributed by atoms with Crippen molar-refractivity contribution in [1.82, 2.24) is 10.2 Å². The Labute approximate surface area is 138 Å². The van der Waals surface area contributed by atoms with Crippen LogP contribution in [0.5, 0.6) is 0 Å². The molecule has 0 saturated heterocycles. The van der Waals surface area contributed by atoms with Crippen LogP contribution in [0.15, 0.2) is 40.9 Å². The molecule has 0 aliphatic rings. The van der Waals surface area contributed by atoms with E-state index < -0.39 is 0 Å². The molecule has 0 aliphatic carbocycles. The molecular formula is C16H19BrN4O.